The summed E-state index contributed by atoms with van der Waals surface area (Å²) in [4.78, 5) is 28.7. The minimum Gasteiger partial charge on any atom is -0.508 e. The Morgan fingerprint density at radius 1 is 1.10 bits per heavy atom. The van der Waals surface area contributed by atoms with Crippen LogP contribution in [0.4, 0.5) is 0 Å². The molecule has 4 aliphatic heterocycles. The van der Waals surface area contributed by atoms with E-state index in [2.05, 4.69) is 17.1 Å². The number of Topliss-reactive ketones (excluding diaryl/α,β-unsaturated/α-hetero) is 1. The number of hydrogen-bond donors (Lipinski definition) is 2. The summed E-state index contributed by atoms with van der Waals surface area (Å²) in [5.41, 5.74) is 5.58. The van der Waals surface area contributed by atoms with Crippen LogP contribution >= 0.6 is 0 Å². The third kappa shape index (κ3) is 4.60. The standard InChI is InChI=1S/C26H30N2O4.C7H8O/c1-14-18(25(30)32-24-10-16-12-26(2)13-21(24)28(16)26)11-19-20(27-14)8-15(9-22(19)29)17-6-4-5-7-23(17)31-3;1-6-3-2-4-7(8)5-6/h4-7,15-16,21,24,27H,8-13H2,1-3H3;2-5,8H,1H3/t15-,16+,21+,24+,26?;/m1./s1. The van der Waals surface area contributed by atoms with E-state index in [0.717, 1.165) is 53.1 Å². The van der Waals surface area contributed by atoms with Gasteiger partial charge in [0.1, 0.15) is 17.6 Å². The topological polar surface area (TPSA) is 88.1 Å². The molecule has 3 fully saturated rings. The van der Waals surface area contributed by atoms with Gasteiger partial charge < -0.3 is 19.9 Å². The summed E-state index contributed by atoms with van der Waals surface area (Å²) in [6, 6.07) is 16.0. The van der Waals surface area contributed by atoms with Crippen LogP contribution in [-0.4, -0.2) is 52.6 Å². The van der Waals surface area contributed by atoms with Crippen LogP contribution in [0.3, 0.4) is 0 Å². The van der Waals surface area contributed by atoms with Gasteiger partial charge in [0.2, 0.25) is 0 Å². The summed E-state index contributed by atoms with van der Waals surface area (Å²) >= 11 is 0. The highest BCUT2D eigenvalue weighted by molar-refractivity contribution is 6.01. The first-order valence-corrected chi connectivity index (χ1v) is 14.3. The molecule has 3 saturated heterocycles. The Labute approximate surface area is 235 Å². The zero-order valence-electron chi connectivity index (χ0n) is 23.7. The molecule has 0 aromatic heterocycles. The van der Waals surface area contributed by atoms with E-state index in [9.17, 15) is 9.59 Å². The predicted molar refractivity (Wildman–Crippen MR) is 152 cm³/mol. The molecule has 0 saturated carbocycles. The fourth-order valence-electron chi connectivity index (χ4n) is 7.58. The molecule has 4 heterocycles. The van der Waals surface area contributed by atoms with Crippen molar-refractivity contribution in [2.45, 2.75) is 88.9 Å². The number of carbonyl (C=O) groups is 2. The molecule has 0 spiro atoms. The van der Waals surface area contributed by atoms with Crippen LogP contribution in [0.2, 0.25) is 0 Å². The summed E-state index contributed by atoms with van der Waals surface area (Å²) in [5.74, 6) is 1.07. The quantitative estimate of drug-likeness (QED) is 0.508. The van der Waals surface area contributed by atoms with Gasteiger partial charge in [0.15, 0.2) is 5.78 Å². The van der Waals surface area contributed by atoms with Crippen LogP contribution in [0, 0.1) is 6.92 Å². The maximum Gasteiger partial charge on any atom is 0.336 e. The van der Waals surface area contributed by atoms with Crippen LogP contribution in [0.1, 0.15) is 69.4 Å². The summed E-state index contributed by atoms with van der Waals surface area (Å²) in [7, 11) is 1.66. The van der Waals surface area contributed by atoms with Crippen molar-refractivity contribution in [1.29, 1.82) is 0 Å². The van der Waals surface area contributed by atoms with Gasteiger partial charge in [-0.1, -0.05) is 30.3 Å². The first kappa shape index (κ1) is 26.6. The Bertz CT molecular complexity index is 1410. The van der Waals surface area contributed by atoms with E-state index < -0.39 is 0 Å². The number of allylic oxidation sites excluding steroid dienone is 3. The molecule has 5 aliphatic rings. The number of nitrogens with one attached hydrogen (secondary N) is 1. The largest absolute Gasteiger partial charge is 0.508 e. The number of aryl methyl sites for hydroxylation is 1. The van der Waals surface area contributed by atoms with Crippen molar-refractivity contribution in [1.82, 2.24) is 10.2 Å². The lowest BCUT2D eigenvalue weighted by Crippen LogP contribution is -2.74. The Hall–Kier alpha value is -3.58. The Kier molecular flexibility index (Phi) is 6.73. The third-order valence-corrected chi connectivity index (χ3v) is 9.44. The van der Waals surface area contributed by atoms with Crippen molar-refractivity contribution in [3.05, 3.63) is 82.2 Å². The highest BCUT2D eigenvalue weighted by atomic mass is 16.5. The smallest absolute Gasteiger partial charge is 0.336 e. The molecule has 40 heavy (non-hydrogen) atoms. The number of ketones is 1. The maximum atomic E-state index is 13.1. The van der Waals surface area contributed by atoms with Gasteiger partial charge in [0, 0.05) is 59.8 Å². The summed E-state index contributed by atoms with van der Waals surface area (Å²) in [6.45, 7) is 6.17. The minimum atomic E-state index is -0.262. The average Bonchev–Trinajstić information content (AvgIpc) is 3.04. The monoisotopic (exact) mass is 542 g/mol. The zero-order chi connectivity index (χ0) is 28.2. The second-order valence-corrected chi connectivity index (χ2v) is 12.2. The molecule has 0 bridgehead atoms. The van der Waals surface area contributed by atoms with Crippen LogP contribution in [0.5, 0.6) is 11.5 Å². The molecule has 5 atom stereocenters. The summed E-state index contributed by atoms with van der Waals surface area (Å²) in [5, 5.41) is 12.2. The van der Waals surface area contributed by atoms with Gasteiger partial charge in [-0.3, -0.25) is 9.69 Å². The van der Waals surface area contributed by atoms with Crippen molar-refractivity contribution in [2.24, 2.45) is 0 Å². The van der Waals surface area contributed by atoms with Crippen molar-refractivity contribution in [2.75, 3.05) is 7.11 Å². The van der Waals surface area contributed by atoms with Crippen LogP contribution < -0.4 is 10.1 Å². The van der Waals surface area contributed by atoms with Crippen molar-refractivity contribution < 1.29 is 24.2 Å². The Morgan fingerprint density at radius 2 is 1.90 bits per heavy atom. The lowest BCUT2D eigenvalue weighted by molar-refractivity contribution is -0.174. The van der Waals surface area contributed by atoms with E-state index in [1.165, 1.54) is 6.42 Å². The number of methoxy groups -OCH3 is 1. The molecule has 7 nitrogen and oxygen atoms in total. The van der Waals surface area contributed by atoms with E-state index in [1.807, 2.05) is 50.2 Å². The van der Waals surface area contributed by atoms with Crippen LogP contribution in [-0.2, 0) is 14.3 Å². The maximum absolute atomic E-state index is 13.1. The normalized spacial score (nSPS) is 30.1. The van der Waals surface area contributed by atoms with E-state index in [-0.39, 0.29) is 23.8 Å². The zero-order valence-corrected chi connectivity index (χ0v) is 23.7. The summed E-state index contributed by atoms with van der Waals surface area (Å²) in [6.07, 6.45) is 4.81. The van der Waals surface area contributed by atoms with E-state index in [0.29, 0.717) is 41.8 Å². The number of aromatic hydroxyl groups is 1. The number of benzene rings is 2. The number of para-hydroxylation sites is 1. The van der Waals surface area contributed by atoms with Gasteiger partial charge in [-0.25, -0.2) is 4.79 Å². The lowest BCUT2D eigenvalue weighted by atomic mass is 9.69. The van der Waals surface area contributed by atoms with Gasteiger partial charge in [0.25, 0.3) is 0 Å². The highest BCUT2D eigenvalue weighted by Crippen LogP contribution is 2.58. The summed E-state index contributed by atoms with van der Waals surface area (Å²) < 4.78 is 11.5. The number of hydrogen-bond acceptors (Lipinski definition) is 7. The number of dihydropyridines is 1. The minimum absolute atomic E-state index is 0.0178. The average molecular weight is 543 g/mol. The van der Waals surface area contributed by atoms with Crippen LogP contribution in [0.25, 0.3) is 0 Å². The highest BCUT2D eigenvalue weighted by Gasteiger charge is 2.67. The second kappa shape index (κ2) is 10.1. The van der Waals surface area contributed by atoms with Gasteiger partial charge in [0.05, 0.1) is 12.7 Å². The number of rotatable bonds is 4. The Balaban J connectivity index is 0.000000313. The molecular formula is C33H38N2O5. The predicted octanol–water partition coefficient (Wildman–Crippen LogP) is 5.28. The van der Waals surface area contributed by atoms with E-state index >= 15 is 0 Å². The molecule has 2 N–H and O–H groups in total. The number of nitrogens with zero attached hydrogens (tertiary/aromatic N) is 1. The molecule has 2 aromatic rings. The number of phenols is 1. The molecule has 210 valence electrons. The molecule has 7 heteroatoms. The molecule has 0 amide bonds. The lowest BCUT2D eigenvalue weighted by Gasteiger charge is -2.65. The van der Waals surface area contributed by atoms with Crippen molar-refractivity contribution in [3.8, 4) is 11.5 Å². The van der Waals surface area contributed by atoms with Crippen molar-refractivity contribution >= 4 is 11.8 Å². The Morgan fingerprint density at radius 3 is 2.58 bits per heavy atom. The van der Waals surface area contributed by atoms with Crippen LogP contribution in [0.15, 0.2) is 71.1 Å². The molecule has 1 unspecified atom stereocenters. The number of ether oxygens (including phenoxy) is 2. The molecular weight excluding hydrogens is 504 g/mol. The molecule has 7 rings (SSSR count). The number of phenolic OH excluding ortho intramolecular Hbond substituents is 1. The van der Waals surface area contributed by atoms with Gasteiger partial charge in [-0.15, -0.1) is 0 Å². The molecule has 0 radical (unpaired) electrons. The first-order valence-electron chi connectivity index (χ1n) is 14.3. The number of carbonyl (C=O) groups excluding carboxylic acids is 2. The van der Waals surface area contributed by atoms with Gasteiger partial charge in [-0.2, -0.15) is 0 Å². The third-order valence-electron chi connectivity index (χ3n) is 9.44. The van der Waals surface area contributed by atoms with Crippen molar-refractivity contribution in [3.63, 3.8) is 0 Å². The molecule has 1 aliphatic carbocycles. The molecule has 2 aromatic carbocycles. The van der Waals surface area contributed by atoms with E-state index in [1.54, 1.807) is 19.2 Å². The SMILES string of the molecule is COc1ccccc1[C@H]1CC(=O)C2=C(C1)NC(C)=C(C(=O)O[C@H]1C[C@H]3CC4(C)C[C@@H]1N34)C2.Cc1cccc(O)c1. The first-order chi connectivity index (χ1) is 19.2. The van der Waals surface area contributed by atoms with Gasteiger partial charge in [-0.05, 0) is 69.4 Å². The van der Waals surface area contributed by atoms with E-state index in [4.69, 9.17) is 14.6 Å². The number of piperidine rings is 1. The fourth-order valence-corrected chi connectivity index (χ4v) is 7.58. The van der Waals surface area contributed by atoms with Gasteiger partial charge >= 0.3 is 5.97 Å². The number of esters is 1. The fraction of sp³-hybridized carbons (Fsp3) is 0.455. The second-order valence-electron chi connectivity index (χ2n) is 12.2.